The number of ether oxygens (including phenoxy) is 2. The van der Waals surface area contributed by atoms with E-state index in [1.165, 1.54) is 0 Å². The van der Waals surface area contributed by atoms with Crippen LogP contribution in [0.4, 0.5) is 4.79 Å². The Morgan fingerprint density at radius 1 is 0.979 bits per heavy atom. The Kier molecular flexibility index (Phi) is 8.76. The number of hydrogen-bond acceptors (Lipinski definition) is 8. The minimum atomic E-state index is -4.01. The normalized spacial score (nSPS) is 14.5. The van der Waals surface area contributed by atoms with Gasteiger partial charge in [-0.05, 0) is 84.2 Å². The quantitative estimate of drug-likeness (QED) is 0.181. The smallest absolute Gasteiger partial charge is 0.410 e. The monoisotopic (exact) mass is 690 g/mol. The Bertz CT molecular complexity index is 2110. The van der Waals surface area contributed by atoms with Crippen LogP contribution in [0.25, 0.3) is 33.3 Å². The Balaban J connectivity index is 1.49. The number of nitrogens with zero attached hydrogens (tertiary/aromatic N) is 6. The van der Waals surface area contributed by atoms with Crippen molar-refractivity contribution in [1.82, 2.24) is 28.9 Å². The van der Waals surface area contributed by atoms with E-state index in [-0.39, 0.29) is 17.0 Å². The SMILES string of the molecule is COc1ccc(-c2nn(C3CCN(C(=O)OC(C)(C)C)CC3)c(C)c2-c2c(Cl)c(C)cc3c2cnn3S(=O)(=O)c2ccc(C)cc2)cn1. The molecule has 1 aliphatic heterocycles. The molecule has 3 aromatic heterocycles. The number of amides is 1. The molecule has 48 heavy (non-hydrogen) atoms. The minimum absolute atomic E-state index is 0.00823. The van der Waals surface area contributed by atoms with Crippen molar-refractivity contribution in [2.45, 2.75) is 70.9 Å². The number of piperidine rings is 1. The van der Waals surface area contributed by atoms with Crippen LogP contribution in [-0.4, -0.2) is 69.2 Å². The summed E-state index contributed by atoms with van der Waals surface area (Å²) in [5.41, 5.74) is 5.09. The zero-order valence-electron chi connectivity index (χ0n) is 28.1. The van der Waals surface area contributed by atoms with Crippen molar-refractivity contribution in [1.29, 1.82) is 0 Å². The van der Waals surface area contributed by atoms with Gasteiger partial charge in [-0.1, -0.05) is 29.3 Å². The van der Waals surface area contributed by atoms with E-state index in [2.05, 4.69) is 10.1 Å². The van der Waals surface area contributed by atoms with Crippen LogP contribution in [0.15, 0.2) is 59.8 Å². The third-order valence-electron chi connectivity index (χ3n) is 8.59. The number of hydrogen-bond donors (Lipinski definition) is 0. The van der Waals surface area contributed by atoms with Crippen LogP contribution in [0.5, 0.6) is 5.88 Å². The fourth-order valence-corrected chi connectivity index (χ4v) is 7.64. The van der Waals surface area contributed by atoms with Gasteiger partial charge in [-0.25, -0.2) is 9.78 Å². The highest BCUT2D eigenvalue weighted by Crippen LogP contribution is 2.45. The molecular formula is C35H39ClN6O5S. The van der Waals surface area contributed by atoms with Gasteiger partial charge in [0.1, 0.15) is 11.3 Å². The second-order valence-electron chi connectivity index (χ2n) is 13.2. The molecule has 0 saturated carbocycles. The number of fused-ring (bicyclic) bond motifs is 1. The van der Waals surface area contributed by atoms with E-state index in [0.29, 0.717) is 64.6 Å². The number of likely N-dealkylation sites (tertiary alicyclic amines) is 1. The fraction of sp³-hybridized carbons (Fsp3) is 0.371. The second kappa shape index (κ2) is 12.6. The molecule has 11 nitrogen and oxygen atoms in total. The van der Waals surface area contributed by atoms with Crippen LogP contribution in [-0.2, 0) is 14.8 Å². The maximum absolute atomic E-state index is 13.8. The zero-order chi connectivity index (χ0) is 34.5. The number of benzene rings is 2. The first-order valence-corrected chi connectivity index (χ1v) is 17.6. The molecule has 0 aliphatic carbocycles. The Morgan fingerprint density at radius 3 is 2.27 bits per heavy atom. The van der Waals surface area contributed by atoms with Crippen molar-refractivity contribution in [3.05, 3.63) is 76.7 Å². The number of halogens is 1. The summed E-state index contributed by atoms with van der Waals surface area (Å²) in [5, 5.41) is 10.6. The van der Waals surface area contributed by atoms with E-state index in [4.69, 9.17) is 26.2 Å². The van der Waals surface area contributed by atoms with Gasteiger partial charge in [0.25, 0.3) is 10.0 Å². The molecule has 1 fully saturated rings. The maximum Gasteiger partial charge on any atom is 0.410 e. The van der Waals surface area contributed by atoms with Crippen LogP contribution in [0.2, 0.25) is 5.02 Å². The van der Waals surface area contributed by atoms with Crippen molar-refractivity contribution in [3.8, 4) is 28.3 Å². The predicted octanol–water partition coefficient (Wildman–Crippen LogP) is 7.36. The average Bonchev–Trinajstić information content (AvgIpc) is 3.62. The first-order chi connectivity index (χ1) is 22.7. The van der Waals surface area contributed by atoms with Crippen LogP contribution in [0.3, 0.4) is 0 Å². The molecule has 4 heterocycles. The summed E-state index contributed by atoms with van der Waals surface area (Å²) in [4.78, 5) is 19.1. The molecule has 0 spiro atoms. The van der Waals surface area contributed by atoms with Crippen LogP contribution in [0.1, 0.15) is 56.5 Å². The van der Waals surface area contributed by atoms with E-state index >= 15 is 0 Å². The third kappa shape index (κ3) is 6.14. The molecule has 5 aromatic rings. The first-order valence-electron chi connectivity index (χ1n) is 15.8. The zero-order valence-corrected chi connectivity index (χ0v) is 29.7. The summed E-state index contributed by atoms with van der Waals surface area (Å²) < 4.78 is 41.7. The van der Waals surface area contributed by atoms with Crippen molar-refractivity contribution < 1.29 is 22.7 Å². The number of aromatic nitrogens is 5. The van der Waals surface area contributed by atoms with Gasteiger partial charge in [0.15, 0.2) is 0 Å². The summed E-state index contributed by atoms with van der Waals surface area (Å²) in [6.45, 7) is 12.4. The molecule has 252 valence electrons. The minimum Gasteiger partial charge on any atom is -0.481 e. The average molecular weight is 691 g/mol. The lowest BCUT2D eigenvalue weighted by atomic mass is 9.95. The molecule has 2 aromatic carbocycles. The molecule has 0 atom stereocenters. The van der Waals surface area contributed by atoms with Gasteiger partial charge in [-0.3, -0.25) is 4.68 Å². The lowest BCUT2D eigenvalue weighted by molar-refractivity contribution is 0.0184. The number of pyridine rings is 1. The number of methoxy groups -OCH3 is 1. The van der Waals surface area contributed by atoms with Crippen LogP contribution in [0, 0.1) is 20.8 Å². The highest BCUT2D eigenvalue weighted by atomic mass is 35.5. The largest absolute Gasteiger partial charge is 0.481 e. The summed E-state index contributed by atoms with van der Waals surface area (Å²) in [7, 11) is -2.45. The van der Waals surface area contributed by atoms with Gasteiger partial charge in [0.05, 0.1) is 34.8 Å². The number of rotatable bonds is 6. The van der Waals surface area contributed by atoms with E-state index in [0.717, 1.165) is 26.5 Å². The van der Waals surface area contributed by atoms with Gasteiger partial charge in [-0.15, -0.1) is 0 Å². The molecule has 0 unspecified atom stereocenters. The van der Waals surface area contributed by atoms with Crippen LogP contribution >= 0.6 is 11.6 Å². The van der Waals surface area contributed by atoms with Crippen LogP contribution < -0.4 is 4.74 Å². The molecule has 0 N–H and O–H groups in total. The molecule has 1 saturated heterocycles. The Morgan fingerprint density at radius 2 is 1.67 bits per heavy atom. The van der Waals surface area contributed by atoms with Gasteiger partial charge >= 0.3 is 6.09 Å². The summed E-state index contributed by atoms with van der Waals surface area (Å²) in [5.74, 6) is 0.463. The third-order valence-corrected chi connectivity index (χ3v) is 10.7. The Labute approximate surface area is 285 Å². The van der Waals surface area contributed by atoms with E-state index < -0.39 is 15.6 Å². The molecule has 1 amide bonds. The highest BCUT2D eigenvalue weighted by Gasteiger charge is 2.32. The predicted molar refractivity (Wildman–Crippen MR) is 185 cm³/mol. The summed E-state index contributed by atoms with van der Waals surface area (Å²) in [6.07, 6.45) is 4.27. The lowest BCUT2D eigenvalue weighted by Gasteiger charge is -2.34. The Hall–Kier alpha value is -4.42. The van der Waals surface area contributed by atoms with Crippen molar-refractivity contribution >= 4 is 38.6 Å². The molecule has 0 bridgehead atoms. The molecule has 13 heteroatoms. The maximum atomic E-state index is 13.8. The highest BCUT2D eigenvalue weighted by molar-refractivity contribution is 7.90. The van der Waals surface area contributed by atoms with Crippen molar-refractivity contribution in [2.75, 3.05) is 20.2 Å². The van der Waals surface area contributed by atoms with Gasteiger partial charge in [0, 0.05) is 53.1 Å². The van der Waals surface area contributed by atoms with Crippen molar-refractivity contribution in [3.63, 3.8) is 0 Å². The standard InChI is InChI=1S/C35H39ClN6O5S/c1-21-8-11-26(12-9-21)48(44,45)42-28-18-22(2)32(36)31(27(28)20-38-42)30-23(3)41(39-33(30)24-10-13-29(46-7)37-19-24)25-14-16-40(17-15-25)34(43)47-35(4,5)6/h8-13,18-20,25H,14-17H2,1-7H3. The molecule has 6 rings (SSSR count). The molecule has 1 aliphatic rings. The summed E-state index contributed by atoms with van der Waals surface area (Å²) in [6, 6.07) is 12.1. The number of carbonyl (C=O) groups is 1. The fourth-order valence-electron chi connectivity index (χ4n) is 6.13. The number of carbonyl (C=O) groups excluding carboxylic acids is 1. The van der Waals surface area contributed by atoms with Gasteiger partial charge in [0.2, 0.25) is 5.88 Å². The summed E-state index contributed by atoms with van der Waals surface area (Å²) >= 11 is 7.13. The van der Waals surface area contributed by atoms with E-state index in [1.807, 2.05) is 52.3 Å². The first kappa shape index (κ1) is 33.5. The molecular weight excluding hydrogens is 652 g/mol. The topological polar surface area (TPSA) is 121 Å². The van der Waals surface area contributed by atoms with E-state index in [1.54, 1.807) is 60.8 Å². The van der Waals surface area contributed by atoms with Gasteiger partial charge in [-0.2, -0.15) is 22.7 Å². The van der Waals surface area contributed by atoms with E-state index in [9.17, 15) is 13.2 Å². The van der Waals surface area contributed by atoms with Crippen molar-refractivity contribution in [2.24, 2.45) is 0 Å². The second-order valence-corrected chi connectivity index (χ2v) is 15.3. The van der Waals surface area contributed by atoms with Gasteiger partial charge < -0.3 is 14.4 Å². The lowest BCUT2D eigenvalue weighted by Crippen LogP contribution is -2.42. The number of aryl methyl sites for hydroxylation is 2. The molecule has 0 radical (unpaired) electrons.